The maximum Gasteiger partial charge on any atom is 0.245 e. The van der Waals surface area contributed by atoms with E-state index in [0.717, 1.165) is 30.5 Å². The molecule has 0 bridgehead atoms. The molecule has 0 radical (unpaired) electrons. The van der Waals surface area contributed by atoms with Gasteiger partial charge in [-0.2, -0.15) is 0 Å². The first-order valence-corrected chi connectivity index (χ1v) is 8.50. The third kappa shape index (κ3) is 4.25. The monoisotopic (exact) mass is 358 g/mol. The molecule has 1 N–H and O–H groups in total. The number of hydrogen-bond donors (Lipinski definition) is 1. The fraction of sp³-hybridized carbons (Fsp3) is 0.133. The minimum atomic E-state index is -3.94. The minimum absolute atomic E-state index is 0.0547. The molecule has 1 amide bonds. The van der Waals surface area contributed by atoms with Crippen LogP contribution in [0.3, 0.4) is 0 Å². The summed E-state index contributed by atoms with van der Waals surface area (Å²) < 4.78 is 64.0. The Hall–Kier alpha value is -2.55. The molecule has 0 saturated heterocycles. The van der Waals surface area contributed by atoms with Crippen LogP contribution in [0.5, 0.6) is 0 Å². The van der Waals surface area contributed by atoms with Crippen molar-refractivity contribution in [2.45, 2.75) is 0 Å². The van der Waals surface area contributed by atoms with Gasteiger partial charge in [-0.1, -0.05) is 12.1 Å². The molecule has 0 aliphatic rings. The summed E-state index contributed by atoms with van der Waals surface area (Å²) in [5.41, 5.74) is -0.346. The highest BCUT2D eigenvalue weighted by Crippen LogP contribution is 2.21. The van der Waals surface area contributed by atoms with Crippen molar-refractivity contribution >= 4 is 27.3 Å². The number of para-hydroxylation sites is 1. The van der Waals surface area contributed by atoms with E-state index in [2.05, 4.69) is 5.32 Å². The van der Waals surface area contributed by atoms with E-state index < -0.39 is 39.9 Å². The largest absolute Gasteiger partial charge is 0.324 e. The summed E-state index contributed by atoms with van der Waals surface area (Å²) in [6, 6.07) is 7.74. The molecule has 0 aliphatic heterocycles. The van der Waals surface area contributed by atoms with Gasteiger partial charge in [-0.25, -0.2) is 21.6 Å². The van der Waals surface area contributed by atoms with Gasteiger partial charge in [0.15, 0.2) is 11.6 Å². The Morgan fingerprint density at radius 1 is 1.04 bits per heavy atom. The molecule has 9 heteroatoms. The number of nitrogens with one attached hydrogen (secondary N) is 1. The second kappa shape index (κ2) is 6.91. The van der Waals surface area contributed by atoms with Gasteiger partial charge >= 0.3 is 0 Å². The summed E-state index contributed by atoms with van der Waals surface area (Å²) in [7, 11) is -3.94. The number of anilines is 2. The molecule has 0 spiro atoms. The van der Waals surface area contributed by atoms with Crippen molar-refractivity contribution in [1.29, 1.82) is 0 Å². The molecule has 24 heavy (non-hydrogen) atoms. The zero-order valence-electron chi connectivity index (χ0n) is 12.5. The average Bonchev–Trinajstić information content (AvgIpc) is 2.48. The van der Waals surface area contributed by atoms with Crippen LogP contribution in [0.15, 0.2) is 42.5 Å². The van der Waals surface area contributed by atoms with Gasteiger partial charge in [0.05, 0.1) is 11.9 Å². The summed E-state index contributed by atoms with van der Waals surface area (Å²) in [4.78, 5) is 12.0. The van der Waals surface area contributed by atoms with Crippen molar-refractivity contribution in [1.82, 2.24) is 0 Å². The normalized spacial score (nSPS) is 11.2. The van der Waals surface area contributed by atoms with Gasteiger partial charge in [0.1, 0.15) is 12.4 Å². The number of halogens is 3. The molecule has 2 aromatic rings. The van der Waals surface area contributed by atoms with E-state index in [1.165, 1.54) is 18.2 Å². The zero-order valence-corrected chi connectivity index (χ0v) is 13.3. The Kier molecular flexibility index (Phi) is 5.13. The molecule has 5 nitrogen and oxygen atoms in total. The second-order valence-corrected chi connectivity index (χ2v) is 6.80. The highest BCUT2D eigenvalue weighted by Gasteiger charge is 2.23. The van der Waals surface area contributed by atoms with Crippen molar-refractivity contribution in [3.8, 4) is 0 Å². The van der Waals surface area contributed by atoms with E-state index in [0.29, 0.717) is 4.31 Å². The molecule has 0 aromatic heterocycles. The molecule has 0 fully saturated rings. The van der Waals surface area contributed by atoms with E-state index in [1.807, 2.05) is 0 Å². The van der Waals surface area contributed by atoms with Crippen LogP contribution in [-0.4, -0.2) is 27.1 Å². The number of sulfonamides is 1. The third-order valence-corrected chi connectivity index (χ3v) is 4.14. The van der Waals surface area contributed by atoms with Crippen LogP contribution in [0.1, 0.15) is 0 Å². The fourth-order valence-corrected chi connectivity index (χ4v) is 2.80. The van der Waals surface area contributed by atoms with Crippen LogP contribution >= 0.6 is 0 Å². The lowest BCUT2D eigenvalue weighted by Gasteiger charge is -2.22. The fourth-order valence-electron chi connectivity index (χ4n) is 1.94. The lowest BCUT2D eigenvalue weighted by Crippen LogP contribution is -2.38. The standard InChI is InChI=1S/C15H13F3N2O3S/c1-24(22,23)20(14-5-3-2-4-12(14)17)9-15(21)19-10-6-7-11(16)13(18)8-10/h2-8H,9H2,1H3,(H,19,21). The topological polar surface area (TPSA) is 66.5 Å². The predicted octanol–water partition coefficient (Wildman–Crippen LogP) is 2.51. The molecule has 0 atom stereocenters. The maximum absolute atomic E-state index is 13.8. The number of amides is 1. The van der Waals surface area contributed by atoms with Crippen LogP contribution < -0.4 is 9.62 Å². The van der Waals surface area contributed by atoms with Crippen molar-refractivity contribution < 1.29 is 26.4 Å². The predicted molar refractivity (Wildman–Crippen MR) is 83.6 cm³/mol. The van der Waals surface area contributed by atoms with Gasteiger partial charge in [0.25, 0.3) is 0 Å². The molecule has 128 valence electrons. The zero-order chi connectivity index (χ0) is 17.9. The highest BCUT2D eigenvalue weighted by molar-refractivity contribution is 7.92. The van der Waals surface area contributed by atoms with Crippen LogP contribution in [0.25, 0.3) is 0 Å². The van der Waals surface area contributed by atoms with Crippen LogP contribution in [0.2, 0.25) is 0 Å². The van der Waals surface area contributed by atoms with Crippen LogP contribution in [0, 0.1) is 17.5 Å². The summed E-state index contributed by atoms with van der Waals surface area (Å²) in [6.07, 6.45) is 0.824. The van der Waals surface area contributed by atoms with Crippen molar-refractivity contribution in [2.24, 2.45) is 0 Å². The van der Waals surface area contributed by atoms with Crippen molar-refractivity contribution in [3.05, 3.63) is 59.9 Å². The Morgan fingerprint density at radius 3 is 2.29 bits per heavy atom. The van der Waals surface area contributed by atoms with Gasteiger partial charge in [0, 0.05) is 11.8 Å². The van der Waals surface area contributed by atoms with Crippen molar-refractivity contribution in [2.75, 3.05) is 22.4 Å². The van der Waals surface area contributed by atoms with Gasteiger partial charge in [0.2, 0.25) is 15.9 Å². The highest BCUT2D eigenvalue weighted by atomic mass is 32.2. The van der Waals surface area contributed by atoms with E-state index in [-0.39, 0.29) is 11.4 Å². The number of hydrogen-bond acceptors (Lipinski definition) is 3. The van der Waals surface area contributed by atoms with Gasteiger partial charge in [-0.05, 0) is 24.3 Å². The van der Waals surface area contributed by atoms with E-state index in [1.54, 1.807) is 0 Å². The minimum Gasteiger partial charge on any atom is -0.324 e. The lowest BCUT2D eigenvalue weighted by molar-refractivity contribution is -0.114. The molecule has 0 unspecified atom stereocenters. The lowest BCUT2D eigenvalue weighted by atomic mass is 10.3. The summed E-state index contributed by atoms with van der Waals surface area (Å²) >= 11 is 0. The smallest absolute Gasteiger partial charge is 0.245 e. The number of rotatable bonds is 5. The molecule has 2 aromatic carbocycles. The van der Waals surface area contributed by atoms with Crippen LogP contribution in [-0.2, 0) is 14.8 Å². The van der Waals surface area contributed by atoms with E-state index in [4.69, 9.17) is 0 Å². The molecular weight excluding hydrogens is 345 g/mol. The number of benzene rings is 2. The quantitative estimate of drug-likeness (QED) is 0.893. The average molecular weight is 358 g/mol. The Bertz CT molecular complexity index is 872. The van der Waals surface area contributed by atoms with Gasteiger partial charge in [-0.15, -0.1) is 0 Å². The molecule has 2 rings (SSSR count). The first kappa shape index (κ1) is 17.8. The van der Waals surface area contributed by atoms with Gasteiger partial charge in [-0.3, -0.25) is 9.10 Å². The Morgan fingerprint density at radius 2 is 1.71 bits per heavy atom. The summed E-state index contributed by atoms with van der Waals surface area (Å²) in [5.74, 6) is -3.91. The summed E-state index contributed by atoms with van der Waals surface area (Å²) in [6.45, 7) is -0.723. The van der Waals surface area contributed by atoms with Crippen molar-refractivity contribution in [3.63, 3.8) is 0 Å². The van der Waals surface area contributed by atoms with Gasteiger partial charge < -0.3 is 5.32 Å². The maximum atomic E-state index is 13.8. The first-order chi connectivity index (χ1) is 11.2. The third-order valence-electron chi connectivity index (χ3n) is 3.01. The van der Waals surface area contributed by atoms with E-state index >= 15 is 0 Å². The first-order valence-electron chi connectivity index (χ1n) is 6.65. The number of carbonyl (C=O) groups excluding carboxylic acids is 1. The van der Waals surface area contributed by atoms with E-state index in [9.17, 15) is 26.4 Å². The summed E-state index contributed by atoms with van der Waals surface area (Å²) in [5, 5.41) is 2.23. The molecule has 0 heterocycles. The van der Waals surface area contributed by atoms with Crippen LogP contribution in [0.4, 0.5) is 24.5 Å². The molecular formula is C15H13F3N2O3S. The molecule has 0 saturated carbocycles. The number of carbonyl (C=O) groups is 1. The molecule has 0 aliphatic carbocycles. The second-order valence-electron chi connectivity index (χ2n) is 4.90. The number of nitrogens with zero attached hydrogens (tertiary/aromatic N) is 1. The Balaban J connectivity index is 2.22. The SMILES string of the molecule is CS(=O)(=O)N(CC(=O)Nc1ccc(F)c(F)c1)c1ccccc1F. The Labute approximate surface area is 136 Å².